The van der Waals surface area contributed by atoms with Crippen molar-refractivity contribution < 1.29 is 0 Å². The first-order valence-electron chi connectivity index (χ1n) is 8.61. The fourth-order valence-electron chi connectivity index (χ4n) is 2.87. The Kier molecular flexibility index (Phi) is 4.44. The number of rotatable bonds is 4. The topological polar surface area (TPSA) is 30.2 Å². The van der Waals surface area contributed by atoms with Crippen LogP contribution in [0.1, 0.15) is 11.1 Å². The highest BCUT2D eigenvalue weighted by atomic mass is 15.3. The van der Waals surface area contributed by atoms with E-state index < -0.39 is 0 Å². The highest BCUT2D eigenvalue weighted by Crippen LogP contribution is 2.23. The fourth-order valence-corrected chi connectivity index (χ4v) is 2.87. The summed E-state index contributed by atoms with van der Waals surface area (Å²) < 4.78 is 1.90. The van der Waals surface area contributed by atoms with Crippen LogP contribution in [0.25, 0.3) is 16.9 Å². The Morgan fingerprint density at radius 3 is 2.31 bits per heavy atom. The third-order valence-electron chi connectivity index (χ3n) is 4.16. The molecule has 4 aromatic rings. The van der Waals surface area contributed by atoms with E-state index >= 15 is 0 Å². The van der Waals surface area contributed by atoms with Crippen LogP contribution in [0.15, 0.2) is 96.1 Å². The molecule has 3 nitrogen and oxygen atoms in total. The monoisotopic (exact) mass is 337 g/mol. The van der Waals surface area contributed by atoms with Gasteiger partial charge in [0.1, 0.15) is 5.69 Å². The summed E-state index contributed by atoms with van der Waals surface area (Å²) in [5.41, 5.74) is 6.15. The van der Waals surface area contributed by atoms with Crippen molar-refractivity contribution in [3.8, 4) is 16.9 Å². The zero-order chi connectivity index (χ0) is 17.8. The average molecular weight is 337 g/mol. The van der Waals surface area contributed by atoms with Crippen molar-refractivity contribution in [1.29, 1.82) is 0 Å². The molecule has 126 valence electrons. The van der Waals surface area contributed by atoms with Gasteiger partial charge in [-0.25, -0.2) is 4.68 Å². The Balaban J connectivity index is 1.78. The van der Waals surface area contributed by atoms with Gasteiger partial charge in [0.05, 0.1) is 11.4 Å². The Labute approximate surface area is 153 Å². The Bertz CT molecular complexity index is 1030. The molecule has 3 heteroatoms. The molecular formula is C23H19N3. The molecule has 0 aliphatic carbocycles. The largest absolute Gasteiger partial charge is 0.256 e. The van der Waals surface area contributed by atoms with Crippen molar-refractivity contribution in [3.05, 3.63) is 102 Å². The summed E-state index contributed by atoms with van der Waals surface area (Å²) in [4.78, 5) is 4.65. The molecular weight excluding hydrogens is 318 g/mol. The predicted molar refractivity (Wildman–Crippen MR) is 107 cm³/mol. The zero-order valence-electron chi connectivity index (χ0n) is 14.6. The summed E-state index contributed by atoms with van der Waals surface area (Å²) >= 11 is 0. The SMILES string of the molecule is Cc1cccc(N=Cc2cn(-c3ccccc3)nc2-c2ccccc2)c1. The van der Waals surface area contributed by atoms with E-state index in [2.05, 4.69) is 36.2 Å². The van der Waals surface area contributed by atoms with E-state index in [9.17, 15) is 0 Å². The zero-order valence-corrected chi connectivity index (χ0v) is 14.6. The fraction of sp³-hybridized carbons (Fsp3) is 0.0435. The molecule has 0 saturated heterocycles. The van der Waals surface area contributed by atoms with Gasteiger partial charge in [0.15, 0.2) is 0 Å². The van der Waals surface area contributed by atoms with Gasteiger partial charge in [-0.3, -0.25) is 4.99 Å². The Morgan fingerprint density at radius 2 is 1.58 bits per heavy atom. The number of hydrogen-bond donors (Lipinski definition) is 0. The van der Waals surface area contributed by atoms with Crippen LogP contribution in [0, 0.1) is 6.92 Å². The van der Waals surface area contributed by atoms with Crippen LogP contribution < -0.4 is 0 Å². The second-order valence-corrected chi connectivity index (χ2v) is 6.18. The highest BCUT2D eigenvalue weighted by molar-refractivity contribution is 5.90. The van der Waals surface area contributed by atoms with E-state index in [0.29, 0.717) is 0 Å². The van der Waals surface area contributed by atoms with Gasteiger partial charge < -0.3 is 0 Å². The molecule has 0 aliphatic heterocycles. The van der Waals surface area contributed by atoms with Gasteiger partial charge in [-0.1, -0.05) is 60.7 Å². The summed E-state index contributed by atoms with van der Waals surface area (Å²) in [5.74, 6) is 0. The van der Waals surface area contributed by atoms with E-state index in [1.807, 2.05) is 77.8 Å². The van der Waals surface area contributed by atoms with Gasteiger partial charge in [0, 0.05) is 23.5 Å². The Hall–Kier alpha value is -3.46. The van der Waals surface area contributed by atoms with Crippen LogP contribution in [0.3, 0.4) is 0 Å². The van der Waals surface area contributed by atoms with Crippen LogP contribution in [0.5, 0.6) is 0 Å². The van der Waals surface area contributed by atoms with Crippen molar-refractivity contribution >= 4 is 11.9 Å². The smallest absolute Gasteiger partial charge is 0.101 e. The van der Waals surface area contributed by atoms with Crippen LogP contribution in [0.2, 0.25) is 0 Å². The first-order valence-corrected chi connectivity index (χ1v) is 8.61. The number of nitrogens with zero attached hydrogens (tertiary/aromatic N) is 3. The number of para-hydroxylation sites is 1. The number of benzene rings is 3. The van der Waals surface area contributed by atoms with Gasteiger partial charge in [0.2, 0.25) is 0 Å². The summed E-state index contributed by atoms with van der Waals surface area (Å²) in [5, 5.41) is 4.81. The van der Waals surface area contributed by atoms with Gasteiger partial charge >= 0.3 is 0 Å². The minimum absolute atomic E-state index is 0.922. The first kappa shape index (κ1) is 16.0. The number of aliphatic imine (C=N–C) groups is 1. The maximum atomic E-state index is 4.81. The van der Waals surface area contributed by atoms with Crippen molar-refractivity contribution in [2.75, 3.05) is 0 Å². The lowest BCUT2D eigenvalue weighted by molar-refractivity contribution is 0.884. The quantitative estimate of drug-likeness (QED) is 0.446. The van der Waals surface area contributed by atoms with Crippen molar-refractivity contribution in [2.45, 2.75) is 6.92 Å². The van der Waals surface area contributed by atoms with Gasteiger partial charge in [-0.05, 0) is 36.8 Å². The predicted octanol–water partition coefficient (Wildman–Crippen LogP) is 5.60. The van der Waals surface area contributed by atoms with Crippen molar-refractivity contribution in [1.82, 2.24) is 9.78 Å². The summed E-state index contributed by atoms with van der Waals surface area (Å²) in [6, 6.07) is 28.5. The summed E-state index contributed by atoms with van der Waals surface area (Å²) in [6.45, 7) is 2.07. The molecule has 26 heavy (non-hydrogen) atoms. The minimum Gasteiger partial charge on any atom is -0.256 e. The number of aryl methyl sites for hydroxylation is 1. The van der Waals surface area contributed by atoms with E-state index in [0.717, 1.165) is 28.2 Å². The Morgan fingerprint density at radius 1 is 0.846 bits per heavy atom. The molecule has 0 saturated carbocycles. The van der Waals surface area contributed by atoms with Crippen LogP contribution >= 0.6 is 0 Å². The molecule has 1 aromatic heterocycles. The maximum absolute atomic E-state index is 4.81. The van der Waals surface area contributed by atoms with Crippen LogP contribution in [0.4, 0.5) is 5.69 Å². The van der Waals surface area contributed by atoms with Crippen molar-refractivity contribution in [3.63, 3.8) is 0 Å². The standard InChI is InChI=1S/C23H19N3/c1-18-9-8-12-21(15-18)24-16-20-17-26(22-13-6-3-7-14-22)25-23(20)19-10-4-2-5-11-19/h2-17H,1H3. The normalized spacial score (nSPS) is 11.1. The molecule has 0 radical (unpaired) electrons. The summed E-state index contributed by atoms with van der Waals surface area (Å²) in [7, 11) is 0. The van der Waals surface area contributed by atoms with E-state index in [4.69, 9.17) is 5.10 Å². The number of hydrogen-bond acceptors (Lipinski definition) is 2. The molecule has 0 aliphatic rings. The van der Waals surface area contributed by atoms with Gasteiger partial charge in [0.25, 0.3) is 0 Å². The molecule has 3 aromatic carbocycles. The van der Waals surface area contributed by atoms with E-state index in [-0.39, 0.29) is 0 Å². The molecule has 0 bridgehead atoms. The summed E-state index contributed by atoms with van der Waals surface area (Å²) in [6.07, 6.45) is 3.92. The molecule has 0 amide bonds. The van der Waals surface area contributed by atoms with Crippen LogP contribution in [-0.2, 0) is 0 Å². The first-order chi connectivity index (χ1) is 12.8. The van der Waals surface area contributed by atoms with E-state index in [1.54, 1.807) is 0 Å². The highest BCUT2D eigenvalue weighted by Gasteiger charge is 2.10. The third-order valence-corrected chi connectivity index (χ3v) is 4.16. The van der Waals surface area contributed by atoms with Crippen LogP contribution in [-0.4, -0.2) is 16.0 Å². The lowest BCUT2D eigenvalue weighted by Gasteiger charge is -2.00. The van der Waals surface area contributed by atoms with Gasteiger partial charge in [-0.15, -0.1) is 0 Å². The molecule has 0 atom stereocenters. The second kappa shape index (κ2) is 7.19. The molecule has 0 unspecified atom stereocenters. The lowest BCUT2D eigenvalue weighted by Crippen LogP contribution is -1.93. The lowest BCUT2D eigenvalue weighted by atomic mass is 10.1. The van der Waals surface area contributed by atoms with Crippen molar-refractivity contribution in [2.24, 2.45) is 4.99 Å². The molecule has 4 rings (SSSR count). The van der Waals surface area contributed by atoms with E-state index in [1.165, 1.54) is 5.56 Å². The molecule has 1 heterocycles. The molecule has 0 spiro atoms. The maximum Gasteiger partial charge on any atom is 0.101 e. The average Bonchev–Trinajstić information content (AvgIpc) is 3.12. The van der Waals surface area contributed by atoms with Gasteiger partial charge in [-0.2, -0.15) is 5.10 Å². The second-order valence-electron chi connectivity index (χ2n) is 6.18. The molecule has 0 N–H and O–H groups in total. The number of aromatic nitrogens is 2. The third kappa shape index (κ3) is 3.47. The molecule has 0 fully saturated rings. The minimum atomic E-state index is 0.922.